The maximum Gasteiger partial charge on any atom is 0.387 e. The molecule has 0 aliphatic carbocycles. The molecule has 0 fully saturated rings. The number of nitrogens with zero attached hydrogens (tertiary/aromatic N) is 3. The van der Waals surface area contributed by atoms with Crippen molar-refractivity contribution in [2.24, 2.45) is 5.10 Å². The zero-order valence-electron chi connectivity index (χ0n) is 18.3. The molecule has 3 aromatic rings. The van der Waals surface area contributed by atoms with Crippen molar-refractivity contribution in [2.75, 3.05) is 11.9 Å². The van der Waals surface area contributed by atoms with Crippen molar-refractivity contribution >= 4 is 34.0 Å². The number of rotatable bonds is 8. The molecule has 1 aliphatic rings. The summed E-state index contributed by atoms with van der Waals surface area (Å²) in [6.07, 6.45) is 0.734. The third-order valence-electron chi connectivity index (χ3n) is 5.16. The fraction of sp³-hybridized carbons (Fsp3) is 0.250. The second-order valence-electron chi connectivity index (χ2n) is 7.55. The number of aromatic nitrogens is 1. The van der Waals surface area contributed by atoms with Crippen molar-refractivity contribution in [1.82, 2.24) is 9.99 Å². The van der Waals surface area contributed by atoms with Crippen LogP contribution < -0.4 is 10.1 Å². The molecule has 1 aromatic heterocycles. The predicted molar refractivity (Wildman–Crippen MR) is 126 cm³/mol. The molecule has 34 heavy (non-hydrogen) atoms. The minimum atomic E-state index is -2.89. The van der Waals surface area contributed by atoms with E-state index < -0.39 is 6.61 Å². The zero-order chi connectivity index (χ0) is 24.1. The molecule has 0 unspecified atom stereocenters. The number of benzene rings is 2. The lowest BCUT2D eigenvalue weighted by Gasteiger charge is -2.10. The molecule has 4 rings (SSSR count). The van der Waals surface area contributed by atoms with Gasteiger partial charge < -0.3 is 10.1 Å². The van der Waals surface area contributed by atoms with E-state index in [1.807, 2.05) is 37.3 Å². The Bertz CT molecular complexity index is 1200. The van der Waals surface area contributed by atoms with Crippen molar-refractivity contribution in [3.05, 3.63) is 65.0 Å². The molecule has 1 aliphatic heterocycles. The fourth-order valence-electron chi connectivity index (χ4n) is 3.51. The third kappa shape index (κ3) is 5.82. The monoisotopic (exact) mass is 484 g/mol. The van der Waals surface area contributed by atoms with Gasteiger partial charge in [-0.05, 0) is 36.8 Å². The van der Waals surface area contributed by atoms with Crippen LogP contribution in [0.25, 0.3) is 11.3 Å². The van der Waals surface area contributed by atoms with Crippen LogP contribution in [0.4, 0.5) is 13.9 Å². The van der Waals surface area contributed by atoms with Gasteiger partial charge in [0.25, 0.3) is 0 Å². The van der Waals surface area contributed by atoms with Crippen LogP contribution in [0.5, 0.6) is 5.75 Å². The summed E-state index contributed by atoms with van der Waals surface area (Å²) in [4.78, 5) is 30.2. The number of alkyl halides is 2. The van der Waals surface area contributed by atoms with E-state index in [9.17, 15) is 18.4 Å². The maximum atomic E-state index is 12.5. The smallest absolute Gasteiger partial charge is 0.387 e. The summed E-state index contributed by atoms with van der Waals surface area (Å²) in [5.74, 6) is -0.466. The fourth-order valence-corrected chi connectivity index (χ4v) is 4.37. The van der Waals surface area contributed by atoms with Crippen molar-refractivity contribution < 1.29 is 23.1 Å². The Kier molecular flexibility index (Phi) is 7.27. The van der Waals surface area contributed by atoms with Crippen LogP contribution in [-0.2, 0) is 9.59 Å². The molecule has 7 nitrogen and oxygen atoms in total. The first kappa shape index (κ1) is 23.5. The molecule has 0 atom stereocenters. The number of hydrogen-bond acceptors (Lipinski definition) is 6. The highest BCUT2D eigenvalue weighted by Gasteiger charge is 2.22. The van der Waals surface area contributed by atoms with Gasteiger partial charge in [-0.2, -0.15) is 13.9 Å². The first-order valence-electron chi connectivity index (χ1n) is 10.6. The molecule has 0 saturated carbocycles. The van der Waals surface area contributed by atoms with Crippen molar-refractivity contribution in [3.8, 4) is 17.0 Å². The molecule has 0 saturated heterocycles. The van der Waals surface area contributed by atoms with E-state index in [2.05, 4.69) is 20.1 Å². The number of carbonyl (C=O) groups is 2. The molecule has 10 heteroatoms. The lowest BCUT2D eigenvalue weighted by Crippen LogP contribution is -2.24. The van der Waals surface area contributed by atoms with Crippen molar-refractivity contribution in [2.45, 2.75) is 32.8 Å². The summed E-state index contributed by atoms with van der Waals surface area (Å²) in [6, 6.07) is 15.8. The van der Waals surface area contributed by atoms with Gasteiger partial charge in [-0.3, -0.25) is 9.59 Å². The summed E-state index contributed by atoms with van der Waals surface area (Å²) in [6.45, 7) is -0.532. The standard InChI is InChI=1S/C24H22F2N4O3S/c1-15-22(17-7-9-18(10-8-17)33-23(25)26)28-24(34-15)27-20(31)11-12-21(32)30-14-13-19(29-30)16-5-3-2-4-6-16/h2-10,23H,11-14H2,1H3,(H,27,28,31). The molecule has 0 bridgehead atoms. The molecular formula is C24H22F2N4O3S. The normalized spacial score (nSPS) is 13.2. The van der Waals surface area contributed by atoms with E-state index in [-0.39, 0.29) is 30.4 Å². The lowest BCUT2D eigenvalue weighted by molar-refractivity contribution is -0.132. The topological polar surface area (TPSA) is 83.9 Å². The Hall–Kier alpha value is -3.66. The Morgan fingerprint density at radius 2 is 1.82 bits per heavy atom. The first-order chi connectivity index (χ1) is 16.4. The maximum absolute atomic E-state index is 12.5. The minimum absolute atomic E-state index is 0.0130. The Balaban J connectivity index is 1.31. The van der Waals surface area contributed by atoms with E-state index in [1.54, 1.807) is 12.1 Å². The van der Waals surface area contributed by atoms with Crippen molar-refractivity contribution in [1.29, 1.82) is 0 Å². The number of hydrazone groups is 1. The summed E-state index contributed by atoms with van der Waals surface area (Å²) < 4.78 is 29.0. The van der Waals surface area contributed by atoms with Crippen LogP contribution in [0.2, 0.25) is 0 Å². The van der Waals surface area contributed by atoms with Gasteiger partial charge in [0, 0.05) is 29.7 Å². The number of thiazole rings is 1. The Morgan fingerprint density at radius 3 is 2.53 bits per heavy atom. The Morgan fingerprint density at radius 1 is 1.09 bits per heavy atom. The number of amides is 2. The number of carbonyl (C=O) groups excluding carboxylic acids is 2. The highest BCUT2D eigenvalue weighted by Crippen LogP contribution is 2.31. The second kappa shape index (κ2) is 10.5. The summed E-state index contributed by atoms with van der Waals surface area (Å²) in [7, 11) is 0. The molecule has 176 valence electrons. The van der Waals surface area contributed by atoms with Gasteiger partial charge in [0.2, 0.25) is 11.8 Å². The second-order valence-corrected chi connectivity index (χ2v) is 8.76. The van der Waals surface area contributed by atoms with Gasteiger partial charge >= 0.3 is 6.61 Å². The quantitative estimate of drug-likeness (QED) is 0.484. The van der Waals surface area contributed by atoms with Crippen LogP contribution in [-0.4, -0.2) is 40.7 Å². The van der Waals surface area contributed by atoms with Gasteiger partial charge in [0.15, 0.2) is 5.13 Å². The molecular weight excluding hydrogens is 462 g/mol. The number of nitrogens with one attached hydrogen (secondary N) is 1. The lowest BCUT2D eigenvalue weighted by atomic mass is 10.1. The highest BCUT2D eigenvalue weighted by atomic mass is 32.1. The zero-order valence-corrected chi connectivity index (χ0v) is 19.1. The van der Waals surface area contributed by atoms with Crippen LogP contribution in [0.3, 0.4) is 0 Å². The predicted octanol–water partition coefficient (Wildman–Crippen LogP) is 5.08. The number of aryl methyl sites for hydroxylation is 1. The summed E-state index contributed by atoms with van der Waals surface area (Å²) >= 11 is 1.30. The van der Waals surface area contributed by atoms with Gasteiger partial charge in [0.05, 0.1) is 18.0 Å². The summed E-state index contributed by atoms with van der Waals surface area (Å²) in [5.41, 5.74) is 3.20. The van der Waals surface area contributed by atoms with E-state index in [0.717, 1.165) is 16.2 Å². The van der Waals surface area contributed by atoms with Crippen LogP contribution >= 0.6 is 11.3 Å². The Labute approximate surface area is 199 Å². The van der Waals surface area contributed by atoms with Gasteiger partial charge in [0.1, 0.15) is 5.75 Å². The number of anilines is 1. The van der Waals surface area contributed by atoms with Crippen LogP contribution in [0.15, 0.2) is 59.7 Å². The highest BCUT2D eigenvalue weighted by molar-refractivity contribution is 7.16. The van der Waals surface area contributed by atoms with Gasteiger partial charge in [-0.25, -0.2) is 9.99 Å². The SMILES string of the molecule is Cc1sc(NC(=O)CCC(=O)N2CCC(c3ccccc3)=N2)nc1-c1ccc(OC(F)F)cc1. The first-order valence-corrected chi connectivity index (χ1v) is 11.5. The molecule has 2 aromatic carbocycles. The number of halogens is 2. The van der Waals surface area contributed by atoms with Gasteiger partial charge in [-0.15, -0.1) is 11.3 Å². The van der Waals surface area contributed by atoms with Gasteiger partial charge in [-0.1, -0.05) is 30.3 Å². The molecule has 0 radical (unpaired) electrons. The number of hydrogen-bond donors (Lipinski definition) is 1. The van der Waals surface area contributed by atoms with E-state index >= 15 is 0 Å². The van der Waals surface area contributed by atoms with Crippen LogP contribution in [0.1, 0.15) is 29.7 Å². The number of ether oxygens (including phenoxy) is 1. The molecule has 2 amide bonds. The van der Waals surface area contributed by atoms with E-state index in [0.29, 0.717) is 29.4 Å². The third-order valence-corrected chi connectivity index (χ3v) is 6.04. The average Bonchev–Trinajstić information content (AvgIpc) is 3.45. The van der Waals surface area contributed by atoms with E-state index in [4.69, 9.17) is 0 Å². The van der Waals surface area contributed by atoms with Crippen LogP contribution in [0, 0.1) is 6.92 Å². The minimum Gasteiger partial charge on any atom is -0.435 e. The summed E-state index contributed by atoms with van der Waals surface area (Å²) in [5, 5.41) is 8.95. The van der Waals surface area contributed by atoms with Crippen molar-refractivity contribution in [3.63, 3.8) is 0 Å². The molecule has 0 spiro atoms. The largest absolute Gasteiger partial charge is 0.435 e. The molecule has 2 heterocycles. The average molecular weight is 485 g/mol. The van der Waals surface area contributed by atoms with E-state index in [1.165, 1.54) is 28.5 Å². The molecule has 1 N–H and O–H groups in total.